The molecule has 0 bridgehead atoms. The van der Waals surface area contributed by atoms with E-state index in [1.165, 1.54) is 13.8 Å². The maximum atomic E-state index is 13.5. The Morgan fingerprint density at radius 2 is 1.76 bits per heavy atom. The molecule has 13 nitrogen and oxygen atoms in total. The van der Waals surface area contributed by atoms with Crippen LogP contribution in [-0.2, 0) is 33.9 Å². The van der Waals surface area contributed by atoms with E-state index < -0.39 is 52.6 Å². The van der Waals surface area contributed by atoms with Crippen LogP contribution in [0, 0.1) is 11.3 Å². The zero-order valence-corrected chi connectivity index (χ0v) is 25.5. The predicted molar refractivity (Wildman–Crippen MR) is 148 cm³/mol. The van der Waals surface area contributed by atoms with Gasteiger partial charge in [0.05, 0.1) is 0 Å². The summed E-state index contributed by atoms with van der Waals surface area (Å²) in [4.78, 5) is 51.2. The molecule has 0 aliphatic carbocycles. The van der Waals surface area contributed by atoms with Gasteiger partial charge in [0.2, 0.25) is 12.7 Å². The Kier molecular flexibility index (Phi) is 11.4. The fraction of sp³-hybridized carbons (Fsp3) is 0.615. The minimum Gasteiger partial charge on any atom is -0.427 e. The SMILES string of the molecule is CC(C)C(NC(=O)NC(C)(C)OC(=O)OCOC(=O)CS(=O)(=O)O)C(=O)N1CCC(c2ccc(Cl)cc2)C(C)(C)C1. The third kappa shape index (κ3) is 11.0. The lowest BCUT2D eigenvalue weighted by Crippen LogP contribution is -2.59. The normalized spacial score (nSPS) is 17.8. The molecule has 1 saturated heterocycles. The molecule has 3 amide bonds. The average molecular weight is 620 g/mol. The zero-order chi connectivity index (χ0) is 31.2. The number of hydrogen-bond donors (Lipinski definition) is 3. The molecule has 0 radical (unpaired) electrons. The smallest absolute Gasteiger partial charge is 0.427 e. The molecule has 1 aliphatic heterocycles. The lowest BCUT2D eigenvalue weighted by atomic mass is 9.70. The van der Waals surface area contributed by atoms with Gasteiger partial charge in [-0.1, -0.05) is 51.4 Å². The summed E-state index contributed by atoms with van der Waals surface area (Å²) in [5.41, 5.74) is -0.688. The van der Waals surface area contributed by atoms with Crippen molar-refractivity contribution in [1.82, 2.24) is 15.5 Å². The number of carbonyl (C=O) groups is 4. The standard InChI is InChI=1S/C26H38ClN3O10S/c1-16(2)21(22(32)30-12-11-19(25(3,4)14-30)17-7-9-18(27)10-8-17)28-23(33)29-26(5,6)40-24(34)39-15-38-20(31)13-41(35,36)37/h7-10,16,19,21H,11-15H2,1-6H3,(H2,28,29,33)(H,35,36,37). The summed E-state index contributed by atoms with van der Waals surface area (Å²) < 4.78 is 43.7. The maximum absolute atomic E-state index is 13.5. The first kappa shape index (κ1) is 34.1. The molecule has 230 valence electrons. The Labute approximate surface area is 245 Å². The molecule has 1 fully saturated rings. The van der Waals surface area contributed by atoms with E-state index in [2.05, 4.69) is 34.0 Å². The molecule has 0 spiro atoms. The minimum atomic E-state index is -4.60. The average Bonchev–Trinajstić information content (AvgIpc) is 2.80. The second-order valence-electron chi connectivity index (χ2n) is 11.3. The van der Waals surface area contributed by atoms with Crippen molar-refractivity contribution in [3.63, 3.8) is 0 Å². The van der Waals surface area contributed by atoms with Crippen LogP contribution in [-0.4, -0.2) is 79.3 Å². The van der Waals surface area contributed by atoms with Crippen molar-refractivity contribution < 1.29 is 46.4 Å². The molecule has 1 aromatic carbocycles. The molecule has 0 aromatic heterocycles. The molecule has 2 rings (SSSR count). The number of ether oxygens (including phenoxy) is 3. The van der Waals surface area contributed by atoms with E-state index >= 15 is 0 Å². The predicted octanol–water partition coefficient (Wildman–Crippen LogP) is 3.28. The molecule has 15 heteroatoms. The van der Waals surface area contributed by atoms with Crippen molar-refractivity contribution in [2.24, 2.45) is 11.3 Å². The number of esters is 1. The van der Waals surface area contributed by atoms with Gasteiger partial charge in [0, 0.05) is 18.1 Å². The van der Waals surface area contributed by atoms with Crippen molar-refractivity contribution in [3.05, 3.63) is 34.9 Å². The van der Waals surface area contributed by atoms with E-state index in [4.69, 9.17) is 20.9 Å². The summed E-state index contributed by atoms with van der Waals surface area (Å²) in [5.74, 6) is -2.92. The fourth-order valence-electron chi connectivity index (χ4n) is 4.62. The molecular formula is C26H38ClN3O10S. The van der Waals surface area contributed by atoms with Crippen LogP contribution in [0.1, 0.15) is 59.4 Å². The third-order valence-corrected chi connectivity index (χ3v) is 7.34. The van der Waals surface area contributed by atoms with Crippen LogP contribution in [0.3, 0.4) is 0 Å². The van der Waals surface area contributed by atoms with Gasteiger partial charge in [0.1, 0.15) is 6.04 Å². The van der Waals surface area contributed by atoms with Gasteiger partial charge in [-0.25, -0.2) is 9.59 Å². The van der Waals surface area contributed by atoms with Crippen molar-refractivity contribution in [2.75, 3.05) is 25.6 Å². The van der Waals surface area contributed by atoms with Crippen molar-refractivity contribution in [1.29, 1.82) is 0 Å². The quantitative estimate of drug-likeness (QED) is 0.200. The zero-order valence-electron chi connectivity index (χ0n) is 23.9. The molecule has 2 unspecified atom stereocenters. The summed E-state index contributed by atoms with van der Waals surface area (Å²) >= 11 is 6.04. The summed E-state index contributed by atoms with van der Waals surface area (Å²) in [6, 6.07) is 6.09. The van der Waals surface area contributed by atoms with E-state index in [0.717, 1.165) is 12.0 Å². The first-order valence-electron chi connectivity index (χ1n) is 12.9. The molecule has 41 heavy (non-hydrogen) atoms. The van der Waals surface area contributed by atoms with E-state index in [1.54, 1.807) is 18.7 Å². The number of likely N-dealkylation sites (tertiary alicyclic amines) is 1. The summed E-state index contributed by atoms with van der Waals surface area (Å²) in [6.07, 6.45) is -0.594. The van der Waals surface area contributed by atoms with E-state index in [-0.39, 0.29) is 23.2 Å². The number of amides is 3. The highest BCUT2D eigenvalue weighted by Gasteiger charge is 2.41. The maximum Gasteiger partial charge on any atom is 0.513 e. The Bertz CT molecular complexity index is 1220. The number of urea groups is 1. The number of hydrogen-bond acceptors (Lipinski definition) is 9. The molecule has 2 atom stereocenters. The molecule has 1 heterocycles. The van der Waals surface area contributed by atoms with Gasteiger partial charge < -0.3 is 29.7 Å². The third-order valence-electron chi connectivity index (χ3n) is 6.48. The van der Waals surface area contributed by atoms with Gasteiger partial charge in [-0.2, -0.15) is 8.42 Å². The van der Waals surface area contributed by atoms with Crippen LogP contribution >= 0.6 is 11.6 Å². The fourth-order valence-corrected chi connectivity index (χ4v) is 5.12. The second-order valence-corrected chi connectivity index (χ2v) is 13.2. The molecule has 3 N–H and O–H groups in total. The van der Waals surface area contributed by atoms with Gasteiger partial charge in [-0.15, -0.1) is 0 Å². The van der Waals surface area contributed by atoms with E-state index in [9.17, 15) is 27.6 Å². The number of benzene rings is 1. The number of nitrogens with one attached hydrogen (secondary N) is 2. The first-order chi connectivity index (χ1) is 18.8. The second kappa shape index (κ2) is 13.7. The highest BCUT2D eigenvalue weighted by molar-refractivity contribution is 7.86. The highest BCUT2D eigenvalue weighted by atomic mass is 35.5. The van der Waals surface area contributed by atoms with Crippen molar-refractivity contribution >= 4 is 45.8 Å². The first-order valence-corrected chi connectivity index (χ1v) is 14.9. The summed E-state index contributed by atoms with van der Waals surface area (Å²) in [7, 11) is -4.60. The molecule has 0 saturated carbocycles. The van der Waals surface area contributed by atoms with Crippen molar-refractivity contribution in [2.45, 2.75) is 65.6 Å². The minimum absolute atomic E-state index is 0.224. The lowest BCUT2D eigenvalue weighted by Gasteiger charge is -2.45. The number of rotatable bonds is 10. The van der Waals surface area contributed by atoms with Crippen LogP contribution in [0.4, 0.5) is 9.59 Å². The number of piperidine rings is 1. The Hall–Kier alpha value is -3.10. The van der Waals surface area contributed by atoms with Gasteiger partial charge >= 0.3 is 18.2 Å². The largest absolute Gasteiger partial charge is 0.513 e. The monoisotopic (exact) mass is 619 g/mol. The van der Waals surface area contributed by atoms with Crippen LogP contribution in [0.15, 0.2) is 24.3 Å². The number of nitrogens with zero attached hydrogens (tertiary/aromatic N) is 1. The van der Waals surface area contributed by atoms with Crippen LogP contribution in [0.5, 0.6) is 0 Å². The van der Waals surface area contributed by atoms with Crippen LogP contribution in [0.2, 0.25) is 5.02 Å². The Balaban J connectivity index is 1.93. The molecule has 1 aromatic rings. The van der Waals surface area contributed by atoms with Gasteiger partial charge in [-0.05, 0) is 55.2 Å². The van der Waals surface area contributed by atoms with E-state index in [1.807, 2.05) is 24.3 Å². The lowest BCUT2D eigenvalue weighted by molar-refractivity contribution is -0.151. The Morgan fingerprint density at radius 1 is 1.15 bits per heavy atom. The van der Waals surface area contributed by atoms with Gasteiger partial charge in [-0.3, -0.25) is 14.1 Å². The number of halogens is 1. The summed E-state index contributed by atoms with van der Waals surface area (Å²) in [5, 5.41) is 5.76. The summed E-state index contributed by atoms with van der Waals surface area (Å²) in [6.45, 7) is 10.5. The molecule has 1 aliphatic rings. The molecular weight excluding hydrogens is 582 g/mol. The van der Waals surface area contributed by atoms with Crippen LogP contribution < -0.4 is 10.6 Å². The number of carbonyl (C=O) groups excluding carboxylic acids is 4. The van der Waals surface area contributed by atoms with Crippen LogP contribution in [0.25, 0.3) is 0 Å². The van der Waals surface area contributed by atoms with Crippen molar-refractivity contribution in [3.8, 4) is 0 Å². The van der Waals surface area contributed by atoms with E-state index in [0.29, 0.717) is 18.1 Å². The highest BCUT2D eigenvalue weighted by Crippen LogP contribution is 2.42. The van der Waals surface area contributed by atoms with Gasteiger partial charge in [0.25, 0.3) is 10.1 Å². The Morgan fingerprint density at radius 3 is 2.29 bits per heavy atom. The topological polar surface area (TPSA) is 178 Å². The van der Waals surface area contributed by atoms with Gasteiger partial charge in [0.15, 0.2) is 11.5 Å².